The quantitative estimate of drug-likeness (QED) is 0.506. The highest BCUT2D eigenvalue weighted by Gasteiger charge is 2.16. The van der Waals surface area contributed by atoms with Gasteiger partial charge in [-0.15, -0.1) is 0 Å². The Balaban J connectivity index is 3.92. The SMILES string of the molecule is Cn1c([O-])c([N+]#N)c(=N)n(C)c1=O. The molecule has 0 aromatic carbocycles. The molecular weight excluding hydrogens is 174 g/mol. The first-order chi connectivity index (χ1) is 6.00. The summed E-state index contributed by atoms with van der Waals surface area (Å²) in [4.78, 5) is 13.8. The van der Waals surface area contributed by atoms with Gasteiger partial charge in [0.1, 0.15) is 0 Å². The van der Waals surface area contributed by atoms with Crippen molar-refractivity contribution in [3.8, 4) is 5.88 Å². The Bertz CT molecular complexity index is 503. The van der Waals surface area contributed by atoms with Crippen LogP contribution in [0, 0.1) is 10.8 Å². The lowest BCUT2D eigenvalue weighted by molar-refractivity contribution is -0.278. The molecule has 68 valence electrons. The zero-order chi connectivity index (χ0) is 10.2. The first-order valence-corrected chi connectivity index (χ1v) is 3.37. The Morgan fingerprint density at radius 1 is 1.46 bits per heavy atom. The Morgan fingerprint density at radius 2 is 2.00 bits per heavy atom. The average molecular weight is 181 g/mol. The van der Waals surface area contributed by atoms with Crippen molar-refractivity contribution in [2.75, 3.05) is 0 Å². The fraction of sp³-hybridized carbons (Fsp3) is 0.333. The van der Waals surface area contributed by atoms with Gasteiger partial charge >= 0.3 is 11.4 Å². The molecule has 1 aromatic rings. The fourth-order valence-corrected chi connectivity index (χ4v) is 0.917. The number of aromatic nitrogens is 2. The molecule has 7 nitrogen and oxygen atoms in total. The molecule has 13 heavy (non-hydrogen) atoms. The highest BCUT2D eigenvalue weighted by atomic mass is 16.3. The molecule has 0 saturated carbocycles. The van der Waals surface area contributed by atoms with Crippen LogP contribution in [0.4, 0.5) is 5.69 Å². The molecule has 1 rings (SSSR count). The lowest BCUT2D eigenvalue weighted by Crippen LogP contribution is -2.37. The maximum Gasteiger partial charge on any atom is 0.435 e. The molecule has 1 aromatic heterocycles. The van der Waals surface area contributed by atoms with E-state index in [1.807, 2.05) is 0 Å². The van der Waals surface area contributed by atoms with Crippen LogP contribution in [0.1, 0.15) is 0 Å². The van der Waals surface area contributed by atoms with E-state index in [4.69, 9.17) is 10.8 Å². The van der Waals surface area contributed by atoms with Gasteiger partial charge in [-0.05, 0) is 0 Å². The number of hydrogen-bond acceptors (Lipinski definition) is 4. The van der Waals surface area contributed by atoms with Crippen LogP contribution < -0.4 is 16.3 Å². The van der Waals surface area contributed by atoms with E-state index in [0.717, 1.165) is 9.13 Å². The Labute approximate surface area is 72.6 Å². The molecule has 0 radical (unpaired) electrons. The predicted octanol–water partition coefficient (Wildman–Crippen LogP) is -1.24. The number of nitrogens with one attached hydrogen (secondary N) is 1. The number of rotatable bonds is 0. The van der Waals surface area contributed by atoms with Crippen LogP contribution in [0.25, 0.3) is 4.98 Å². The molecule has 1 heterocycles. The Hall–Kier alpha value is -2.10. The average Bonchev–Trinajstić information content (AvgIpc) is 2.13. The highest BCUT2D eigenvalue weighted by Crippen LogP contribution is 2.13. The van der Waals surface area contributed by atoms with Gasteiger partial charge in [0.2, 0.25) is 10.9 Å². The van der Waals surface area contributed by atoms with E-state index in [1.54, 1.807) is 0 Å². The molecule has 0 aliphatic heterocycles. The lowest BCUT2D eigenvalue weighted by atomic mass is 10.5. The zero-order valence-electron chi connectivity index (χ0n) is 7.11. The molecule has 1 N–H and O–H groups in total. The van der Waals surface area contributed by atoms with Crippen molar-refractivity contribution in [3.63, 3.8) is 0 Å². The van der Waals surface area contributed by atoms with Gasteiger partial charge in [0.15, 0.2) is 4.98 Å². The summed E-state index contributed by atoms with van der Waals surface area (Å²) >= 11 is 0. The first kappa shape index (κ1) is 8.99. The zero-order valence-corrected chi connectivity index (χ0v) is 7.11. The maximum absolute atomic E-state index is 11.2. The topological polar surface area (TPSA) is 102 Å². The molecule has 0 unspecified atom stereocenters. The van der Waals surface area contributed by atoms with Crippen LogP contribution in [-0.4, -0.2) is 9.13 Å². The van der Waals surface area contributed by atoms with E-state index < -0.39 is 22.7 Å². The van der Waals surface area contributed by atoms with E-state index in [2.05, 4.69) is 4.98 Å². The largest absolute Gasteiger partial charge is 0.854 e. The summed E-state index contributed by atoms with van der Waals surface area (Å²) in [6, 6.07) is 0. The van der Waals surface area contributed by atoms with Crippen molar-refractivity contribution >= 4 is 5.69 Å². The third-order valence-electron chi connectivity index (χ3n) is 1.74. The second-order valence-electron chi connectivity index (χ2n) is 2.50. The van der Waals surface area contributed by atoms with Crippen LogP contribution in [0.5, 0.6) is 5.88 Å². The minimum atomic E-state index is -0.782. The number of hydrogen-bond donors (Lipinski definition) is 1. The molecule has 0 saturated heterocycles. The van der Waals surface area contributed by atoms with Gasteiger partial charge in [0.25, 0.3) is 0 Å². The molecule has 0 amide bonds. The summed E-state index contributed by atoms with van der Waals surface area (Å²) < 4.78 is 1.68. The van der Waals surface area contributed by atoms with E-state index in [0.29, 0.717) is 0 Å². The second kappa shape index (κ2) is 2.75. The number of diazo groups is 1. The van der Waals surface area contributed by atoms with E-state index in [1.165, 1.54) is 14.1 Å². The minimum absolute atomic E-state index is 0.407. The van der Waals surface area contributed by atoms with Gasteiger partial charge < -0.3 is 9.67 Å². The summed E-state index contributed by atoms with van der Waals surface area (Å²) in [5.74, 6) is -0.782. The standard InChI is InChI=1S/C6H7N5O2/c1-10-4(7)3(9-8)5(12)11(2)6(10)13/h1-2H3,(H-,7,12). The third-order valence-corrected chi connectivity index (χ3v) is 1.74. The summed E-state index contributed by atoms with van der Waals surface area (Å²) in [5.41, 5.74) is -1.47. The molecule has 0 fully saturated rings. The molecule has 0 bridgehead atoms. The van der Waals surface area contributed by atoms with Crippen molar-refractivity contribution < 1.29 is 5.11 Å². The summed E-state index contributed by atoms with van der Waals surface area (Å²) in [5, 5.41) is 26.9. The van der Waals surface area contributed by atoms with Crippen molar-refractivity contribution in [2.45, 2.75) is 0 Å². The van der Waals surface area contributed by atoms with Gasteiger partial charge in [-0.2, -0.15) is 0 Å². The molecule has 0 atom stereocenters. The molecule has 7 heteroatoms. The first-order valence-electron chi connectivity index (χ1n) is 3.37. The van der Waals surface area contributed by atoms with Crippen molar-refractivity contribution in [3.05, 3.63) is 20.9 Å². The monoisotopic (exact) mass is 181 g/mol. The van der Waals surface area contributed by atoms with Gasteiger partial charge in [-0.3, -0.25) is 9.98 Å². The second-order valence-corrected chi connectivity index (χ2v) is 2.50. The Kier molecular flexibility index (Phi) is 1.90. The molecule has 0 aliphatic rings. The molecule has 0 spiro atoms. The van der Waals surface area contributed by atoms with Crippen LogP contribution in [0.15, 0.2) is 4.79 Å². The van der Waals surface area contributed by atoms with E-state index >= 15 is 0 Å². The lowest BCUT2D eigenvalue weighted by Gasteiger charge is -2.09. The summed E-state index contributed by atoms with van der Waals surface area (Å²) in [7, 11) is 2.57. The van der Waals surface area contributed by atoms with Gasteiger partial charge in [0, 0.05) is 14.1 Å². The maximum atomic E-state index is 11.2. The van der Waals surface area contributed by atoms with Crippen LogP contribution in [-0.2, 0) is 14.1 Å². The van der Waals surface area contributed by atoms with Crippen LogP contribution in [0.2, 0.25) is 0 Å². The third kappa shape index (κ3) is 1.08. The number of nitrogens with zero attached hydrogens (tertiary/aromatic N) is 4. The predicted molar refractivity (Wildman–Crippen MR) is 40.7 cm³/mol. The Morgan fingerprint density at radius 3 is 2.46 bits per heavy atom. The molecular formula is C6H7N5O2. The highest BCUT2D eigenvalue weighted by molar-refractivity contribution is 5.48. The molecule has 0 aliphatic carbocycles. The summed E-state index contributed by atoms with van der Waals surface area (Å²) in [6.45, 7) is 0. The van der Waals surface area contributed by atoms with Gasteiger partial charge in [0.05, 0.1) is 5.88 Å². The minimum Gasteiger partial charge on any atom is -0.854 e. The smallest absolute Gasteiger partial charge is 0.435 e. The van der Waals surface area contributed by atoms with Crippen molar-refractivity contribution in [1.82, 2.24) is 9.13 Å². The van der Waals surface area contributed by atoms with Crippen molar-refractivity contribution in [1.29, 1.82) is 10.8 Å². The van der Waals surface area contributed by atoms with E-state index in [-0.39, 0.29) is 0 Å². The van der Waals surface area contributed by atoms with Crippen LogP contribution >= 0.6 is 0 Å². The normalized spacial score (nSPS) is 9.62. The van der Waals surface area contributed by atoms with Crippen LogP contribution in [0.3, 0.4) is 0 Å². The van der Waals surface area contributed by atoms with Crippen molar-refractivity contribution in [2.24, 2.45) is 14.1 Å². The van der Waals surface area contributed by atoms with Gasteiger partial charge in [-0.1, -0.05) is 0 Å². The van der Waals surface area contributed by atoms with E-state index in [9.17, 15) is 9.90 Å². The van der Waals surface area contributed by atoms with Gasteiger partial charge in [-0.25, -0.2) is 4.79 Å². The summed E-state index contributed by atoms with van der Waals surface area (Å²) in [6.07, 6.45) is 0. The fourth-order valence-electron chi connectivity index (χ4n) is 0.917.